The molecule has 0 saturated carbocycles. The fourth-order valence-electron chi connectivity index (χ4n) is 1.34. The summed E-state index contributed by atoms with van der Waals surface area (Å²) in [6.45, 7) is 7.26. The Morgan fingerprint density at radius 1 is 1.38 bits per heavy atom. The molecule has 0 aromatic carbocycles. The highest BCUT2D eigenvalue weighted by Gasteiger charge is 2.26. The number of hydrogen-bond donors (Lipinski definition) is 2. The maximum atomic E-state index is 10.7. The Balaban J connectivity index is 3.37. The molecule has 0 bridgehead atoms. The second-order valence-electron chi connectivity index (χ2n) is 4.97. The van der Waals surface area contributed by atoms with Crippen molar-refractivity contribution < 1.29 is 14.6 Å². The number of aliphatic carboxylic acids is 1. The van der Waals surface area contributed by atoms with Gasteiger partial charge in [0.1, 0.15) is 5.54 Å². The Kier molecular flexibility index (Phi) is 7.34. The molecule has 1 unspecified atom stereocenters. The molecule has 96 valence electrons. The predicted octanol–water partition coefficient (Wildman–Crippen LogP) is 2.02. The first-order chi connectivity index (χ1) is 7.36. The van der Waals surface area contributed by atoms with Gasteiger partial charge in [0.2, 0.25) is 0 Å². The summed E-state index contributed by atoms with van der Waals surface area (Å²) in [7, 11) is 0. The van der Waals surface area contributed by atoms with Crippen molar-refractivity contribution in [1.29, 1.82) is 0 Å². The normalized spacial score (nSPS) is 15.1. The van der Waals surface area contributed by atoms with Gasteiger partial charge < -0.3 is 15.6 Å². The zero-order valence-corrected chi connectivity index (χ0v) is 10.7. The average Bonchev–Trinajstić information content (AvgIpc) is 2.15. The molecule has 1 atom stereocenters. The number of hydrogen-bond acceptors (Lipinski definition) is 3. The zero-order chi connectivity index (χ0) is 12.6. The summed E-state index contributed by atoms with van der Waals surface area (Å²) in [5, 5.41) is 8.78. The molecule has 0 heterocycles. The van der Waals surface area contributed by atoms with Gasteiger partial charge in [0.05, 0.1) is 0 Å². The lowest BCUT2D eigenvalue weighted by molar-refractivity contribution is -0.143. The second-order valence-corrected chi connectivity index (χ2v) is 4.97. The summed E-state index contributed by atoms with van der Waals surface area (Å²) in [4.78, 5) is 10.7. The SMILES string of the molecule is CC(C)CCCOCCCC(C)(N)C(=O)O. The first-order valence-corrected chi connectivity index (χ1v) is 5.96. The van der Waals surface area contributed by atoms with E-state index in [-0.39, 0.29) is 0 Å². The zero-order valence-electron chi connectivity index (χ0n) is 10.7. The van der Waals surface area contributed by atoms with Gasteiger partial charge in [0, 0.05) is 13.2 Å². The van der Waals surface area contributed by atoms with Crippen LogP contribution in [0.3, 0.4) is 0 Å². The van der Waals surface area contributed by atoms with Gasteiger partial charge in [-0.05, 0) is 38.5 Å². The highest BCUT2D eigenvalue weighted by atomic mass is 16.5. The van der Waals surface area contributed by atoms with Crippen LogP contribution in [0.25, 0.3) is 0 Å². The summed E-state index contributed by atoms with van der Waals surface area (Å²) >= 11 is 0. The average molecular weight is 231 g/mol. The van der Waals surface area contributed by atoms with Gasteiger partial charge in [0.15, 0.2) is 0 Å². The second kappa shape index (κ2) is 7.63. The Hall–Kier alpha value is -0.610. The summed E-state index contributed by atoms with van der Waals surface area (Å²) in [6.07, 6.45) is 3.38. The van der Waals surface area contributed by atoms with E-state index in [9.17, 15) is 4.79 Å². The van der Waals surface area contributed by atoms with Crippen molar-refractivity contribution in [3.63, 3.8) is 0 Å². The number of carbonyl (C=O) groups is 1. The molecule has 0 aliphatic heterocycles. The van der Waals surface area contributed by atoms with E-state index < -0.39 is 11.5 Å². The molecule has 0 amide bonds. The van der Waals surface area contributed by atoms with Crippen molar-refractivity contribution in [1.82, 2.24) is 0 Å². The highest BCUT2D eigenvalue weighted by molar-refractivity contribution is 5.77. The van der Waals surface area contributed by atoms with Crippen LogP contribution in [-0.2, 0) is 9.53 Å². The lowest BCUT2D eigenvalue weighted by atomic mass is 9.98. The number of carboxylic acid groups (broad SMARTS) is 1. The molecule has 0 rings (SSSR count). The van der Waals surface area contributed by atoms with Gasteiger partial charge >= 0.3 is 5.97 Å². The van der Waals surface area contributed by atoms with Gasteiger partial charge in [-0.2, -0.15) is 0 Å². The molecule has 0 radical (unpaired) electrons. The van der Waals surface area contributed by atoms with E-state index in [1.165, 1.54) is 13.3 Å². The topological polar surface area (TPSA) is 72.5 Å². The van der Waals surface area contributed by atoms with Crippen molar-refractivity contribution in [3.05, 3.63) is 0 Å². The monoisotopic (exact) mass is 231 g/mol. The minimum atomic E-state index is -1.12. The van der Waals surface area contributed by atoms with Gasteiger partial charge in [0.25, 0.3) is 0 Å². The molecule has 3 N–H and O–H groups in total. The molecular formula is C12H25NO3. The van der Waals surface area contributed by atoms with Crippen LogP contribution in [-0.4, -0.2) is 29.8 Å². The molecule has 0 spiro atoms. The van der Waals surface area contributed by atoms with Crippen LogP contribution in [0.5, 0.6) is 0 Å². The first-order valence-electron chi connectivity index (χ1n) is 5.96. The van der Waals surface area contributed by atoms with Gasteiger partial charge in [-0.3, -0.25) is 4.79 Å². The van der Waals surface area contributed by atoms with E-state index in [1.807, 2.05) is 0 Å². The van der Waals surface area contributed by atoms with Crippen LogP contribution in [0.15, 0.2) is 0 Å². The number of nitrogens with two attached hydrogens (primary N) is 1. The third kappa shape index (κ3) is 7.65. The lowest BCUT2D eigenvalue weighted by Gasteiger charge is -2.18. The largest absolute Gasteiger partial charge is 0.480 e. The van der Waals surface area contributed by atoms with Gasteiger partial charge in [-0.15, -0.1) is 0 Å². The fourth-order valence-corrected chi connectivity index (χ4v) is 1.34. The molecule has 0 saturated heterocycles. The minimum Gasteiger partial charge on any atom is -0.480 e. The van der Waals surface area contributed by atoms with Crippen LogP contribution in [0.4, 0.5) is 0 Å². The molecular weight excluding hydrogens is 206 g/mol. The van der Waals surface area contributed by atoms with Crippen LogP contribution < -0.4 is 5.73 Å². The quantitative estimate of drug-likeness (QED) is 0.595. The molecule has 0 aliphatic rings. The summed E-state index contributed by atoms with van der Waals surface area (Å²) in [6, 6.07) is 0. The Bertz CT molecular complexity index is 202. The number of rotatable bonds is 9. The smallest absolute Gasteiger partial charge is 0.323 e. The summed E-state index contributed by atoms with van der Waals surface area (Å²) < 4.78 is 5.41. The molecule has 0 aromatic rings. The van der Waals surface area contributed by atoms with E-state index in [2.05, 4.69) is 13.8 Å². The van der Waals surface area contributed by atoms with Crippen molar-refractivity contribution in [2.24, 2.45) is 11.7 Å². The van der Waals surface area contributed by atoms with Crippen molar-refractivity contribution in [3.8, 4) is 0 Å². The molecule has 4 nitrogen and oxygen atoms in total. The fraction of sp³-hybridized carbons (Fsp3) is 0.917. The first kappa shape index (κ1) is 15.4. The van der Waals surface area contributed by atoms with Gasteiger partial charge in [-0.1, -0.05) is 13.8 Å². The highest BCUT2D eigenvalue weighted by Crippen LogP contribution is 2.09. The molecule has 0 fully saturated rings. The van der Waals surface area contributed by atoms with Gasteiger partial charge in [-0.25, -0.2) is 0 Å². The Labute approximate surface area is 98.2 Å². The predicted molar refractivity (Wildman–Crippen MR) is 64.4 cm³/mol. The van der Waals surface area contributed by atoms with Crippen molar-refractivity contribution >= 4 is 5.97 Å². The van der Waals surface area contributed by atoms with Crippen molar-refractivity contribution in [2.75, 3.05) is 13.2 Å². The molecule has 16 heavy (non-hydrogen) atoms. The van der Waals surface area contributed by atoms with Crippen LogP contribution in [0.1, 0.15) is 46.5 Å². The molecule has 0 aromatic heterocycles. The van der Waals surface area contributed by atoms with E-state index in [0.717, 1.165) is 13.0 Å². The molecule has 4 heteroatoms. The van der Waals surface area contributed by atoms with Crippen molar-refractivity contribution in [2.45, 2.75) is 52.0 Å². The minimum absolute atomic E-state index is 0.451. The number of ether oxygens (including phenoxy) is 1. The van der Waals surface area contributed by atoms with Crippen LogP contribution in [0, 0.1) is 5.92 Å². The summed E-state index contributed by atoms with van der Waals surface area (Å²) in [5.74, 6) is -0.241. The third-order valence-corrected chi connectivity index (χ3v) is 2.54. The van der Waals surface area contributed by atoms with Crippen LogP contribution >= 0.6 is 0 Å². The van der Waals surface area contributed by atoms with E-state index in [4.69, 9.17) is 15.6 Å². The maximum Gasteiger partial charge on any atom is 0.323 e. The molecule has 0 aliphatic carbocycles. The van der Waals surface area contributed by atoms with E-state index in [0.29, 0.717) is 25.4 Å². The summed E-state index contributed by atoms with van der Waals surface area (Å²) in [5.41, 5.74) is 4.46. The Morgan fingerprint density at radius 3 is 2.44 bits per heavy atom. The van der Waals surface area contributed by atoms with E-state index in [1.54, 1.807) is 0 Å². The Morgan fingerprint density at radius 2 is 1.94 bits per heavy atom. The third-order valence-electron chi connectivity index (χ3n) is 2.54. The maximum absolute atomic E-state index is 10.7. The van der Waals surface area contributed by atoms with E-state index >= 15 is 0 Å². The number of carboxylic acids is 1. The standard InChI is InChI=1S/C12H25NO3/c1-10(2)6-4-8-16-9-5-7-12(3,13)11(14)15/h10H,4-9,13H2,1-3H3,(H,14,15). The lowest BCUT2D eigenvalue weighted by Crippen LogP contribution is -2.44. The van der Waals surface area contributed by atoms with Crippen LogP contribution in [0.2, 0.25) is 0 Å².